The number of aromatic nitrogens is 3. The zero-order valence-corrected chi connectivity index (χ0v) is 13.5. The average molecular weight is 323 g/mol. The molecule has 1 aliphatic carbocycles. The largest absolute Gasteiger partial charge is 0.441 e. The Morgan fingerprint density at radius 1 is 1.17 bits per heavy atom. The Balaban J connectivity index is 1.83. The van der Waals surface area contributed by atoms with Crippen LogP contribution in [0.25, 0.3) is 22.1 Å². The Morgan fingerprint density at radius 2 is 2.00 bits per heavy atom. The summed E-state index contributed by atoms with van der Waals surface area (Å²) in [5.74, 6) is 2.64. The smallest absolute Gasteiger partial charge is 0.228 e. The number of carbonyl (C=O) groups is 1. The monoisotopic (exact) mass is 323 g/mol. The van der Waals surface area contributed by atoms with Crippen molar-refractivity contribution in [1.29, 1.82) is 0 Å². The summed E-state index contributed by atoms with van der Waals surface area (Å²) in [6.45, 7) is 1.80. The van der Waals surface area contributed by atoms with Crippen LogP contribution in [-0.2, 0) is 4.79 Å². The quantitative estimate of drug-likeness (QED) is 0.767. The Kier molecular flexibility index (Phi) is 3.41. The highest BCUT2D eigenvalue weighted by Gasteiger charge is 2.29. The molecule has 1 fully saturated rings. The molecule has 0 bridgehead atoms. The number of oxazole rings is 1. The molecule has 0 spiro atoms. The molecule has 3 heterocycles. The van der Waals surface area contributed by atoms with E-state index in [0.29, 0.717) is 17.5 Å². The van der Waals surface area contributed by atoms with Gasteiger partial charge < -0.3 is 15.1 Å². The zero-order chi connectivity index (χ0) is 16.7. The molecule has 7 heteroatoms. The molecule has 7 nitrogen and oxygen atoms in total. The van der Waals surface area contributed by atoms with Crippen LogP contribution < -0.4 is 10.6 Å². The van der Waals surface area contributed by atoms with Crippen LogP contribution >= 0.6 is 0 Å². The first-order valence-corrected chi connectivity index (χ1v) is 7.86. The lowest BCUT2D eigenvalue weighted by molar-refractivity contribution is -0.117. The second-order valence-electron chi connectivity index (χ2n) is 5.89. The Hall–Kier alpha value is -2.96. The van der Waals surface area contributed by atoms with Crippen LogP contribution in [0.5, 0.6) is 0 Å². The molecule has 0 aliphatic heterocycles. The van der Waals surface area contributed by atoms with Crippen molar-refractivity contribution in [3.05, 3.63) is 30.5 Å². The summed E-state index contributed by atoms with van der Waals surface area (Å²) in [6.07, 6.45) is 7.03. The summed E-state index contributed by atoms with van der Waals surface area (Å²) in [7, 11) is 1.81. The van der Waals surface area contributed by atoms with Crippen molar-refractivity contribution in [2.75, 3.05) is 17.7 Å². The van der Waals surface area contributed by atoms with Crippen molar-refractivity contribution in [3.8, 4) is 11.3 Å². The summed E-state index contributed by atoms with van der Waals surface area (Å²) in [4.78, 5) is 24.9. The van der Waals surface area contributed by atoms with Crippen molar-refractivity contribution in [3.63, 3.8) is 0 Å². The third-order valence-corrected chi connectivity index (χ3v) is 4.09. The molecule has 1 amide bonds. The second kappa shape index (κ2) is 5.59. The summed E-state index contributed by atoms with van der Waals surface area (Å²) < 4.78 is 5.64. The van der Waals surface area contributed by atoms with Crippen molar-refractivity contribution in [2.24, 2.45) is 5.92 Å². The number of nitrogens with one attached hydrogen (secondary N) is 2. The maximum atomic E-state index is 12.0. The number of hydrogen-bond donors (Lipinski definition) is 2. The van der Waals surface area contributed by atoms with E-state index in [1.807, 2.05) is 13.1 Å². The molecule has 0 atom stereocenters. The van der Waals surface area contributed by atoms with Gasteiger partial charge in [-0.05, 0) is 18.9 Å². The molecule has 1 saturated carbocycles. The van der Waals surface area contributed by atoms with Crippen molar-refractivity contribution >= 4 is 28.3 Å². The van der Waals surface area contributed by atoms with Crippen LogP contribution in [0.1, 0.15) is 18.7 Å². The van der Waals surface area contributed by atoms with Crippen LogP contribution in [0.4, 0.5) is 11.6 Å². The third-order valence-electron chi connectivity index (χ3n) is 4.09. The van der Waals surface area contributed by atoms with E-state index in [9.17, 15) is 4.79 Å². The van der Waals surface area contributed by atoms with Gasteiger partial charge in [-0.1, -0.05) is 0 Å². The summed E-state index contributed by atoms with van der Waals surface area (Å²) in [5.41, 5.74) is 0.814. The number of rotatable bonds is 4. The first kappa shape index (κ1) is 14.6. The lowest BCUT2D eigenvalue weighted by atomic mass is 10.1. The van der Waals surface area contributed by atoms with Gasteiger partial charge in [0.15, 0.2) is 11.7 Å². The maximum absolute atomic E-state index is 12.0. The van der Waals surface area contributed by atoms with Gasteiger partial charge in [-0.3, -0.25) is 4.79 Å². The Labute approximate surface area is 138 Å². The van der Waals surface area contributed by atoms with E-state index in [-0.39, 0.29) is 11.8 Å². The topological polar surface area (TPSA) is 92.9 Å². The molecule has 1 aliphatic rings. The van der Waals surface area contributed by atoms with Gasteiger partial charge in [0.2, 0.25) is 5.91 Å². The van der Waals surface area contributed by atoms with Gasteiger partial charge in [0.1, 0.15) is 11.6 Å². The van der Waals surface area contributed by atoms with Gasteiger partial charge in [-0.2, -0.15) is 0 Å². The fraction of sp³-hybridized carbons (Fsp3) is 0.294. The highest BCUT2D eigenvalue weighted by atomic mass is 16.4. The van der Waals surface area contributed by atoms with E-state index in [1.165, 1.54) is 0 Å². The number of aryl methyl sites for hydroxylation is 1. The van der Waals surface area contributed by atoms with E-state index in [0.717, 1.165) is 35.0 Å². The predicted octanol–water partition coefficient (Wildman–Crippen LogP) is 2.98. The van der Waals surface area contributed by atoms with Crippen molar-refractivity contribution in [1.82, 2.24) is 15.0 Å². The fourth-order valence-corrected chi connectivity index (χ4v) is 2.66. The molecule has 0 aromatic carbocycles. The number of pyridine rings is 2. The molecule has 24 heavy (non-hydrogen) atoms. The minimum absolute atomic E-state index is 0.0294. The van der Waals surface area contributed by atoms with Gasteiger partial charge in [0, 0.05) is 48.6 Å². The number of nitrogens with zero attached hydrogens (tertiary/aromatic N) is 3. The van der Waals surface area contributed by atoms with Crippen molar-refractivity contribution in [2.45, 2.75) is 19.8 Å². The van der Waals surface area contributed by atoms with Crippen molar-refractivity contribution < 1.29 is 9.21 Å². The molecule has 3 aromatic rings. The number of fused-ring (bicyclic) bond motifs is 1. The standard InChI is InChI=1S/C17H17N5O2/c1-9-19-8-14(24-9)12-6-21-16(18-2)13-7-20-15(5-11(12)13)22-17(23)10-3-4-10/h5-8,10H,3-4H2,1-2H3,(H,18,21)(H,20,22,23). The van der Waals surface area contributed by atoms with E-state index < -0.39 is 0 Å². The molecule has 3 aromatic heterocycles. The van der Waals surface area contributed by atoms with Crippen LogP contribution in [-0.4, -0.2) is 27.9 Å². The zero-order valence-electron chi connectivity index (χ0n) is 13.5. The highest BCUT2D eigenvalue weighted by Crippen LogP contribution is 2.34. The minimum atomic E-state index is 0.0294. The highest BCUT2D eigenvalue weighted by molar-refractivity contribution is 6.03. The van der Waals surface area contributed by atoms with Gasteiger partial charge in [0.05, 0.1) is 6.20 Å². The van der Waals surface area contributed by atoms with Gasteiger partial charge in [-0.15, -0.1) is 0 Å². The molecular formula is C17H17N5O2. The van der Waals surface area contributed by atoms with Crippen LogP contribution in [0.15, 0.2) is 29.1 Å². The summed E-state index contributed by atoms with van der Waals surface area (Å²) >= 11 is 0. The SMILES string of the molecule is CNc1ncc(-c2cnc(C)o2)c2cc(NC(=O)C3CC3)ncc12. The molecule has 4 rings (SSSR count). The molecule has 2 N–H and O–H groups in total. The van der Waals surface area contributed by atoms with Crippen LogP contribution in [0.3, 0.4) is 0 Å². The van der Waals surface area contributed by atoms with E-state index in [2.05, 4.69) is 25.6 Å². The summed E-state index contributed by atoms with van der Waals surface area (Å²) in [5, 5.41) is 7.69. The fourth-order valence-electron chi connectivity index (χ4n) is 2.66. The molecule has 0 radical (unpaired) electrons. The van der Waals surface area contributed by atoms with Gasteiger partial charge in [0.25, 0.3) is 0 Å². The normalized spacial score (nSPS) is 13.9. The lowest BCUT2D eigenvalue weighted by Crippen LogP contribution is -2.14. The number of hydrogen-bond acceptors (Lipinski definition) is 6. The Bertz CT molecular complexity index is 930. The third kappa shape index (κ3) is 2.58. The Morgan fingerprint density at radius 3 is 2.67 bits per heavy atom. The first-order chi connectivity index (χ1) is 11.7. The molecule has 0 unspecified atom stereocenters. The first-order valence-electron chi connectivity index (χ1n) is 7.86. The van der Waals surface area contributed by atoms with Gasteiger partial charge >= 0.3 is 0 Å². The molecular weight excluding hydrogens is 306 g/mol. The molecule has 122 valence electrons. The minimum Gasteiger partial charge on any atom is -0.441 e. The maximum Gasteiger partial charge on any atom is 0.228 e. The molecule has 0 saturated heterocycles. The average Bonchev–Trinajstić information content (AvgIpc) is 3.35. The van der Waals surface area contributed by atoms with Gasteiger partial charge in [-0.25, -0.2) is 15.0 Å². The number of carbonyl (C=O) groups excluding carboxylic acids is 1. The van der Waals surface area contributed by atoms with Crippen LogP contribution in [0, 0.1) is 12.8 Å². The van der Waals surface area contributed by atoms with E-state index >= 15 is 0 Å². The number of amides is 1. The predicted molar refractivity (Wildman–Crippen MR) is 90.7 cm³/mol. The lowest BCUT2D eigenvalue weighted by Gasteiger charge is -2.10. The van der Waals surface area contributed by atoms with E-state index in [4.69, 9.17) is 4.42 Å². The summed E-state index contributed by atoms with van der Waals surface area (Å²) in [6, 6.07) is 1.85. The second-order valence-corrected chi connectivity index (χ2v) is 5.89. The van der Waals surface area contributed by atoms with Crippen LogP contribution in [0.2, 0.25) is 0 Å². The van der Waals surface area contributed by atoms with E-state index in [1.54, 1.807) is 25.5 Å². The number of anilines is 2.